The lowest BCUT2D eigenvalue weighted by Gasteiger charge is -2.42. The molecule has 0 saturated carbocycles. The van der Waals surface area contributed by atoms with E-state index in [0.717, 1.165) is 38.6 Å². The minimum absolute atomic E-state index is 0.0304. The summed E-state index contributed by atoms with van der Waals surface area (Å²) in [6.45, 7) is 8.07. The molecule has 4 aliphatic heterocycles. The van der Waals surface area contributed by atoms with E-state index in [2.05, 4.69) is 14.9 Å². The summed E-state index contributed by atoms with van der Waals surface area (Å²) in [7, 11) is 0. The second kappa shape index (κ2) is 9.83. The van der Waals surface area contributed by atoms with E-state index in [0.29, 0.717) is 37.3 Å². The zero-order valence-corrected chi connectivity index (χ0v) is 23.4. The molecule has 6 rings (SSSR count). The molecule has 39 heavy (non-hydrogen) atoms. The van der Waals surface area contributed by atoms with E-state index in [1.165, 1.54) is 6.20 Å². The number of carbonyl (C=O) groups excluding carboxylic acids is 1. The second-order valence-corrected chi connectivity index (χ2v) is 12.7. The number of hydrogen-bond donors (Lipinski definition) is 0. The van der Waals surface area contributed by atoms with E-state index >= 15 is 4.39 Å². The van der Waals surface area contributed by atoms with Crippen LogP contribution in [0.15, 0.2) is 6.20 Å². The summed E-state index contributed by atoms with van der Waals surface area (Å²) in [5.74, 6) is -0.244. The third-order valence-corrected chi connectivity index (χ3v) is 8.73. The molecule has 4 saturated heterocycles. The first kappa shape index (κ1) is 26.7. The Kier molecular flexibility index (Phi) is 6.73. The Morgan fingerprint density at radius 3 is 2.64 bits per heavy atom. The van der Waals surface area contributed by atoms with Gasteiger partial charge in [-0.3, -0.25) is 9.80 Å². The van der Waals surface area contributed by atoms with Gasteiger partial charge in [0, 0.05) is 32.3 Å². The van der Waals surface area contributed by atoms with Crippen LogP contribution in [-0.2, 0) is 4.74 Å². The Bertz CT molecular complexity index is 1260. The van der Waals surface area contributed by atoms with Crippen molar-refractivity contribution in [1.82, 2.24) is 24.8 Å². The number of ether oxygens (including phenoxy) is 2. The van der Waals surface area contributed by atoms with Crippen LogP contribution in [0.2, 0.25) is 5.15 Å². The van der Waals surface area contributed by atoms with E-state index in [4.69, 9.17) is 26.1 Å². The van der Waals surface area contributed by atoms with E-state index in [1.54, 1.807) is 0 Å². The van der Waals surface area contributed by atoms with Crippen LogP contribution in [0.5, 0.6) is 6.01 Å². The average Bonchev–Trinajstić information content (AvgIpc) is 3.36. The Hall–Kier alpha value is -2.53. The summed E-state index contributed by atoms with van der Waals surface area (Å²) in [4.78, 5) is 32.1. The smallest absolute Gasteiger partial charge is 0.410 e. The van der Waals surface area contributed by atoms with Crippen LogP contribution in [0.1, 0.15) is 59.3 Å². The molecule has 4 atom stereocenters. The van der Waals surface area contributed by atoms with Gasteiger partial charge in [-0.05, 0) is 53.0 Å². The molecule has 0 aliphatic carbocycles. The topological polar surface area (TPSA) is 83.9 Å². The van der Waals surface area contributed by atoms with Crippen molar-refractivity contribution in [3.05, 3.63) is 17.2 Å². The first-order chi connectivity index (χ1) is 18.5. The number of pyridine rings is 1. The molecule has 0 aromatic carbocycles. The summed E-state index contributed by atoms with van der Waals surface area (Å²) in [5.41, 5.74) is -0.951. The van der Waals surface area contributed by atoms with Crippen molar-refractivity contribution in [1.29, 1.82) is 0 Å². The van der Waals surface area contributed by atoms with E-state index in [1.807, 2.05) is 30.6 Å². The molecule has 4 fully saturated rings. The molecule has 2 aromatic heterocycles. The highest BCUT2D eigenvalue weighted by Gasteiger charge is 2.48. The number of carbonyl (C=O) groups is 1. The normalized spacial score (nSPS) is 29.1. The van der Waals surface area contributed by atoms with Crippen molar-refractivity contribution in [2.75, 3.05) is 37.7 Å². The third kappa shape index (κ3) is 4.96. The zero-order valence-electron chi connectivity index (χ0n) is 22.6. The van der Waals surface area contributed by atoms with Gasteiger partial charge in [-0.2, -0.15) is 9.97 Å². The maximum atomic E-state index is 15.2. The van der Waals surface area contributed by atoms with Gasteiger partial charge < -0.3 is 14.4 Å². The lowest BCUT2D eigenvalue weighted by Crippen LogP contribution is -2.57. The summed E-state index contributed by atoms with van der Waals surface area (Å²) < 4.78 is 41.4. The predicted octanol–water partition coefficient (Wildman–Crippen LogP) is 4.75. The molecule has 0 radical (unpaired) electrons. The fourth-order valence-corrected chi connectivity index (χ4v) is 6.94. The minimum Gasteiger partial charge on any atom is -0.461 e. The summed E-state index contributed by atoms with van der Waals surface area (Å²) in [6, 6.07) is -0.0942. The number of fused-ring (bicyclic) bond motifs is 4. The zero-order chi connectivity index (χ0) is 27.5. The quantitative estimate of drug-likeness (QED) is 0.492. The number of halogens is 3. The molecule has 2 aromatic rings. The SMILES string of the molecule is CC(C)(C)OC(=O)N1C2CC[C@H]1CN(c1nc(OC[C@@]34CCCCN3C[C@H](F)C4)nc3c(F)c(Cl)ncc13)C2. The van der Waals surface area contributed by atoms with Gasteiger partial charge in [-0.15, -0.1) is 0 Å². The number of alkyl halides is 1. The predicted molar refractivity (Wildman–Crippen MR) is 143 cm³/mol. The summed E-state index contributed by atoms with van der Waals surface area (Å²) in [6.07, 6.45) is 5.26. The standard InChI is InChI=1S/C27H35ClF2N6O3/c1-26(2,3)39-25(37)36-17-6-7-18(36)14-34(13-17)23-19-11-31-22(28)20(30)21(19)32-24(33-23)38-15-27-8-4-5-9-35(27)12-16(29)10-27/h11,16-18H,4-10,12-15H2,1-3H3/t16-,17+,18?,27+/m1/s1. The third-order valence-electron chi connectivity index (χ3n) is 8.47. The molecular weight excluding hydrogens is 530 g/mol. The van der Waals surface area contributed by atoms with E-state index in [9.17, 15) is 9.18 Å². The number of hydrogen-bond acceptors (Lipinski definition) is 8. The van der Waals surface area contributed by atoms with Crippen LogP contribution in [-0.4, -0.2) is 93.0 Å². The highest BCUT2D eigenvalue weighted by Crippen LogP contribution is 2.40. The van der Waals surface area contributed by atoms with Crippen molar-refractivity contribution in [2.24, 2.45) is 0 Å². The lowest BCUT2D eigenvalue weighted by molar-refractivity contribution is 0.0122. The minimum atomic E-state index is -0.890. The number of anilines is 1. The number of piperazine rings is 1. The maximum Gasteiger partial charge on any atom is 0.410 e. The molecule has 9 nitrogen and oxygen atoms in total. The van der Waals surface area contributed by atoms with Gasteiger partial charge in [0.25, 0.3) is 0 Å². The molecule has 1 amide bonds. The largest absolute Gasteiger partial charge is 0.461 e. The van der Waals surface area contributed by atoms with Crippen molar-refractivity contribution in [3.63, 3.8) is 0 Å². The first-order valence-electron chi connectivity index (χ1n) is 13.8. The highest BCUT2D eigenvalue weighted by atomic mass is 35.5. The molecule has 2 bridgehead atoms. The van der Waals surface area contributed by atoms with Gasteiger partial charge in [0.05, 0.1) is 23.0 Å². The molecule has 6 heterocycles. The summed E-state index contributed by atoms with van der Waals surface area (Å²) >= 11 is 6.02. The van der Waals surface area contributed by atoms with Gasteiger partial charge >= 0.3 is 12.1 Å². The van der Waals surface area contributed by atoms with Gasteiger partial charge in [-0.1, -0.05) is 18.0 Å². The molecule has 4 aliphatic rings. The molecule has 0 N–H and O–H groups in total. The monoisotopic (exact) mass is 564 g/mol. The second-order valence-electron chi connectivity index (χ2n) is 12.4. The number of rotatable bonds is 4. The molecule has 12 heteroatoms. The fourth-order valence-electron chi connectivity index (χ4n) is 6.80. The molecule has 212 valence electrons. The summed E-state index contributed by atoms with van der Waals surface area (Å²) in [5, 5.41) is 0.151. The maximum absolute atomic E-state index is 15.2. The van der Waals surface area contributed by atoms with E-state index in [-0.39, 0.29) is 41.5 Å². The van der Waals surface area contributed by atoms with Gasteiger partial charge in [-0.25, -0.2) is 18.6 Å². The van der Waals surface area contributed by atoms with Crippen LogP contribution in [0.4, 0.5) is 19.4 Å². The Labute approximate surface area is 231 Å². The van der Waals surface area contributed by atoms with Gasteiger partial charge in [0.15, 0.2) is 11.0 Å². The Morgan fingerprint density at radius 2 is 1.92 bits per heavy atom. The number of piperidine rings is 1. The van der Waals surface area contributed by atoms with Crippen LogP contribution >= 0.6 is 11.6 Å². The van der Waals surface area contributed by atoms with Gasteiger partial charge in [0.2, 0.25) is 0 Å². The van der Waals surface area contributed by atoms with Crippen molar-refractivity contribution in [3.8, 4) is 6.01 Å². The Morgan fingerprint density at radius 1 is 1.18 bits per heavy atom. The molecular formula is C27H35ClF2N6O3. The van der Waals surface area contributed by atoms with Crippen LogP contribution in [0.3, 0.4) is 0 Å². The molecule has 1 unspecified atom stereocenters. The highest BCUT2D eigenvalue weighted by molar-refractivity contribution is 6.30. The van der Waals surface area contributed by atoms with Crippen LogP contribution in [0, 0.1) is 5.82 Å². The first-order valence-corrected chi connectivity index (χ1v) is 14.2. The van der Waals surface area contributed by atoms with Crippen molar-refractivity contribution in [2.45, 2.75) is 88.7 Å². The molecule has 0 spiro atoms. The Balaban J connectivity index is 1.29. The van der Waals surface area contributed by atoms with Crippen LogP contribution < -0.4 is 9.64 Å². The number of nitrogens with zero attached hydrogens (tertiary/aromatic N) is 6. The van der Waals surface area contributed by atoms with Crippen LogP contribution in [0.25, 0.3) is 10.9 Å². The number of aromatic nitrogens is 3. The van der Waals surface area contributed by atoms with Crippen molar-refractivity contribution >= 4 is 34.4 Å². The van der Waals surface area contributed by atoms with E-state index < -0.39 is 23.1 Å². The van der Waals surface area contributed by atoms with Crippen molar-refractivity contribution < 1.29 is 23.0 Å². The van der Waals surface area contributed by atoms with Gasteiger partial charge in [0.1, 0.15) is 29.7 Å². The lowest BCUT2D eigenvalue weighted by atomic mass is 9.87. The fraction of sp³-hybridized carbons (Fsp3) is 0.704. The number of amides is 1. The average molecular weight is 565 g/mol.